The van der Waals surface area contributed by atoms with Crippen molar-refractivity contribution in [3.63, 3.8) is 0 Å². The second-order valence-corrected chi connectivity index (χ2v) is 7.23. The molecule has 1 N–H and O–H groups in total. The molecule has 0 spiro atoms. The van der Waals surface area contributed by atoms with E-state index in [4.69, 9.17) is 9.47 Å². The lowest BCUT2D eigenvalue weighted by atomic mass is 9.96. The van der Waals surface area contributed by atoms with E-state index in [1.807, 2.05) is 22.9 Å². The molecule has 1 atom stereocenters. The third kappa shape index (κ3) is 3.90. The minimum atomic E-state index is -0.490. The zero-order chi connectivity index (χ0) is 21.0. The number of benzene rings is 2. The molecule has 3 aromatic rings. The number of aryl methyl sites for hydroxylation is 2. The van der Waals surface area contributed by atoms with E-state index in [0.717, 1.165) is 35.6 Å². The van der Waals surface area contributed by atoms with Gasteiger partial charge in [0.1, 0.15) is 0 Å². The first kappa shape index (κ1) is 20.6. The van der Waals surface area contributed by atoms with Crippen LogP contribution in [0.4, 0.5) is 5.69 Å². The van der Waals surface area contributed by atoms with Gasteiger partial charge >= 0.3 is 0 Å². The molecule has 0 amide bonds. The van der Waals surface area contributed by atoms with Crippen molar-refractivity contribution >= 4 is 5.69 Å². The molecule has 0 aliphatic heterocycles. The number of hydrogen-bond donors (Lipinski definition) is 1. The number of hydrogen-bond acceptors (Lipinski definition) is 6. The van der Waals surface area contributed by atoms with Crippen molar-refractivity contribution in [1.29, 1.82) is 0 Å². The summed E-state index contributed by atoms with van der Waals surface area (Å²) in [5.74, 6) is 2.12. The molecule has 7 heteroatoms. The van der Waals surface area contributed by atoms with Gasteiger partial charge in [0.2, 0.25) is 0 Å². The third-order valence-electron chi connectivity index (χ3n) is 5.39. The van der Waals surface area contributed by atoms with Crippen molar-refractivity contribution in [2.75, 3.05) is 19.5 Å². The average molecular weight is 396 g/mol. The molecule has 0 radical (unpaired) electrons. The Morgan fingerprint density at radius 1 is 1.07 bits per heavy atom. The monoisotopic (exact) mass is 395 g/mol. The van der Waals surface area contributed by atoms with Crippen molar-refractivity contribution < 1.29 is 9.47 Å². The highest BCUT2D eigenvalue weighted by molar-refractivity contribution is 5.56. The molecule has 154 valence electrons. The Labute approximate surface area is 172 Å². The number of para-hydroxylation sites is 1. The maximum atomic E-state index is 5.44. The maximum Gasteiger partial charge on any atom is 0.181 e. The van der Waals surface area contributed by atoms with Crippen LogP contribution >= 0.6 is 0 Å². The molecule has 0 saturated heterocycles. The topological polar surface area (TPSA) is 74.1 Å². The van der Waals surface area contributed by atoms with Crippen LogP contribution in [-0.4, -0.2) is 34.4 Å². The summed E-state index contributed by atoms with van der Waals surface area (Å²) < 4.78 is 12.7. The normalized spacial score (nSPS) is 13.0. The molecule has 2 aromatic carbocycles. The third-order valence-corrected chi connectivity index (χ3v) is 5.39. The van der Waals surface area contributed by atoms with Gasteiger partial charge in [-0.15, -0.1) is 5.10 Å². The largest absolute Gasteiger partial charge is 0.493 e. The molecular weight excluding hydrogens is 366 g/mol. The molecule has 0 aliphatic carbocycles. The maximum absolute atomic E-state index is 5.44. The van der Waals surface area contributed by atoms with Gasteiger partial charge in [0.25, 0.3) is 0 Å². The van der Waals surface area contributed by atoms with Crippen LogP contribution in [0.25, 0.3) is 5.69 Å². The fourth-order valence-electron chi connectivity index (χ4n) is 3.52. The Morgan fingerprint density at radius 3 is 2.48 bits per heavy atom. The Morgan fingerprint density at radius 2 is 1.83 bits per heavy atom. The smallest absolute Gasteiger partial charge is 0.181 e. The van der Waals surface area contributed by atoms with Crippen molar-refractivity contribution in [2.24, 2.45) is 0 Å². The van der Waals surface area contributed by atoms with Crippen molar-refractivity contribution in [3.05, 3.63) is 53.3 Å². The second kappa shape index (κ2) is 8.51. The lowest BCUT2D eigenvalue weighted by Gasteiger charge is -2.30. The summed E-state index contributed by atoms with van der Waals surface area (Å²) in [6, 6.07) is 12.1. The average Bonchev–Trinajstić information content (AvgIpc) is 3.23. The zero-order valence-corrected chi connectivity index (χ0v) is 18.0. The Kier molecular flexibility index (Phi) is 6.06. The van der Waals surface area contributed by atoms with Gasteiger partial charge in [-0.1, -0.05) is 32.0 Å². The molecule has 1 unspecified atom stereocenters. The van der Waals surface area contributed by atoms with E-state index in [-0.39, 0.29) is 0 Å². The summed E-state index contributed by atoms with van der Waals surface area (Å²) >= 11 is 0. The highest BCUT2D eigenvalue weighted by atomic mass is 16.5. The van der Waals surface area contributed by atoms with E-state index in [9.17, 15) is 0 Å². The predicted octanol–water partition coefficient (Wildman–Crippen LogP) is 4.29. The zero-order valence-electron chi connectivity index (χ0n) is 18.0. The van der Waals surface area contributed by atoms with Crippen molar-refractivity contribution in [1.82, 2.24) is 20.2 Å². The number of ether oxygens (including phenoxy) is 2. The van der Waals surface area contributed by atoms with E-state index in [1.165, 1.54) is 5.56 Å². The fourth-order valence-corrected chi connectivity index (χ4v) is 3.52. The molecule has 0 saturated carbocycles. The quantitative estimate of drug-likeness (QED) is 0.613. The second-order valence-electron chi connectivity index (χ2n) is 7.23. The number of tetrazole rings is 1. The van der Waals surface area contributed by atoms with Gasteiger partial charge in [0.15, 0.2) is 17.3 Å². The lowest BCUT2D eigenvalue weighted by molar-refractivity contribution is 0.355. The lowest BCUT2D eigenvalue weighted by Crippen LogP contribution is -2.35. The van der Waals surface area contributed by atoms with Gasteiger partial charge in [0.05, 0.1) is 25.4 Å². The van der Waals surface area contributed by atoms with Crippen LogP contribution in [-0.2, 0) is 12.0 Å². The standard InChI is InChI=1S/C22H29N5O2/c1-7-16-11-9-10-15(3)20(16)27-21(24-25-26-27)22(4,8-2)23-17-12-13-18(28-5)19(14-17)29-6/h9-14,23H,7-8H2,1-6H3. The summed E-state index contributed by atoms with van der Waals surface area (Å²) in [4.78, 5) is 0. The van der Waals surface area contributed by atoms with Gasteiger partial charge in [-0.25, -0.2) is 0 Å². The fraction of sp³-hybridized carbons (Fsp3) is 0.409. The van der Waals surface area contributed by atoms with Gasteiger partial charge in [-0.05, 0) is 60.4 Å². The summed E-state index contributed by atoms with van der Waals surface area (Å²) in [5, 5.41) is 16.4. The van der Waals surface area contributed by atoms with Crippen molar-refractivity contribution in [3.8, 4) is 17.2 Å². The SMILES string of the molecule is CCc1cccc(C)c1-n1nnnc1C(C)(CC)Nc1ccc(OC)c(OC)c1. The van der Waals surface area contributed by atoms with Gasteiger partial charge < -0.3 is 14.8 Å². The minimum absolute atomic E-state index is 0.490. The predicted molar refractivity (Wildman–Crippen MR) is 114 cm³/mol. The summed E-state index contributed by atoms with van der Waals surface area (Å²) in [5.41, 5.74) is 3.81. The number of nitrogens with one attached hydrogen (secondary N) is 1. The first-order valence-corrected chi connectivity index (χ1v) is 9.85. The van der Waals surface area contributed by atoms with E-state index in [2.05, 4.69) is 66.7 Å². The molecule has 1 heterocycles. The number of aromatic nitrogens is 4. The molecule has 3 rings (SSSR count). The van der Waals surface area contributed by atoms with Crippen LogP contribution in [0.15, 0.2) is 36.4 Å². The first-order chi connectivity index (χ1) is 14.0. The minimum Gasteiger partial charge on any atom is -0.493 e. The van der Waals surface area contributed by atoms with Crippen LogP contribution < -0.4 is 14.8 Å². The number of anilines is 1. The van der Waals surface area contributed by atoms with Crippen molar-refractivity contribution in [2.45, 2.75) is 46.1 Å². The van der Waals surface area contributed by atoms with E-state index < -0.39 is 5.54 Å². The first-order valence-electron chi connectivity index (χ1n) is 9.85. The molecular formula is C22H29N5O2. The molecule has 7 nitrogen and oxygen atoms in total. The van der Waals surface area contributed by atoms with E-state index >= 15 is 0 Å². The van der Waals surface area contributed by atoms with Gasteiger partial charge in [-0.2, -0.15) is 4.68 Å². The molecule has 29 heavy (non-hydrogen) atoms. The van der Waals surface area contributed by atoms with Crippen LogP contribution in [0.3, 0.4) is 0 Å². The summed E-state index contributed by atoms with van der Waals surface area (Å²) in [7, 11) is 3.26. The number of methoxy groups -OCH3 is 2. The molecule has 0 aliphatic rings. The highest BCUT2D eigenvalue weighted by Gasteiger charge is 2.32. The summed E-state index contributed by atoms with van der Waals surface area (Å²) in [6.07, 6.45) is 1.69. The number of rotatable bonds is 8. The van der Waals surface area contributed by atoms with Crippen LogP contribution in [0, 0.1) is 6.92 Å². The van der Waals surface area contributed by atoms with Gasteiger partial charge in [0, 0.05) is 11.8 Å². The molecule has 0 bridgehead atoms. The molecule has 1 aromatic heterocycles. The Bertz CT molecular complexity index is 985. The van der Waals surface area contributed by atoms with E-state index in [0.29, 0.717) is 11.5 Å². The highest BCUT2D eigenvalue weighted by Crippen LogP contribution is 2.35. The van der Waals surface area contributed by atoms with E-state index in [1.54, 1.807) is 14.2 Å². The van der Waals surface area contributed by atoms with Crippen LogP contribution in [0.5, 0.6) is 11.5 Å². The van der Waals surface area contributed by atoms with Crippen LogP contribution in [0.1, 0.15) is 44.1 Å². The van der Waals surface area contributed by atoms with Crippen LogP contribution in [0.2, 0.25) is 0 Å². The Balaban J connectivity index is 2.05. The summed E-state index contributed by atoms with van der Waals surface area (Å²) in [6.45, 7) is 8.45. The molecule has 0 fully saturated rings. The Hall–Kier alpha value is -3.09. The number of nitrogens with zero attached hydrogens (tertiary/aromatic N) is 4. The van der Waals surface area contributed by atoms with Gasteiger partial charge in [-0.3, -0.25) is 0 Å².